The van der Waals surface area contributed by atoms with E-state index in [1.54, 1.807) is 0 Å². The Morgan fingerprint density at radius 2 is 1.48 bits per heavy atom. The van der Waals surface area contributed by atoms with Crippen LogP contribution in [0.25, 0.3) is 0 Å². The number of carboxylic acid groups (broad SMARTS) is 1. The van der Waals surface area contributed by atoms with Crippen molar-refractivity contribution in [3.63, 3.8) is 0 Å². The monoisotopic (exact) mass is 292 g/mol. The van der Waals surface area contributed by atoms with Crippen LogP contribution in [0.3, 0.4) is 0 Å². The van der Waals surface area contributed by atoms with E-state index in [2.05, 4.69) is 20.1 Å². The van der Waals surface area contributed by atoms with Gasteiger partial charge in [0, 0.05) is 12.2 Å². The zero-order valence-corrected chi connectivity index (χ0v) is 12.6. The first-order chi connectivity index (χ1) is 9.88. The molecule has 0 radical (unpaired) electrons. The van der Waals surface area contributed by atoms with E-state index >= 15 is 0 Å². The Labute approximate surface area is 125 Å². The third kappa shape index (κ3) is 3.20. The molecule has 0 heterocycles. The second-order valence-corrected chi connectivity index (χ2v) is 6.66. The fourth-order valence-corrected chi connectivity index (χ4v) is 4.55. The van der Waals surface area contributed by atoms with Crippen molar-refractivity contribution in [3.05, 3.63) is 25.3 Å². The molecule has 4 nitrogen and oxygen atoms in total. The summed E-state index contributed by atoms with van der Waals surface area (Å²) in [7, 11) is 0. The van der Waals surface area contributed by atoms with Crippen LogP contribution in [0.5, 0.6) is 0 Å². The van der Waals surface area contributed by atoms with Crippen LogP contribution in [0.4, 0.5) is 0 Å². The molecule has 4 aliphatic carbocycles. The van der Waals surface area contributed by atoms with Crippen LogP contribution in [-0.4, -0.2) is 22.6 Å². The maximum atomic E-state index is 11.5. The first-order valence-corrected chi connectivity index (χ1v) is 7.59. The van der Waals surface area contributed by atoms with Crippen molar-refractivity contribution in [2.75, 3.05) is 0 Å². The van der Waals surface area contributed by atoms with Crippen LogP contribution in [0.15, 0.2) is 25.3 Å². The molecule has 4 bridgehead atoms. The molecule has 4 heteroatoms. The van der Waals surface area contributed by atoms with Gasteiger partial charge in [-0.25, -0.2) is 9.59 Å². The van der Waals surface area contributed by atoms with E-state index in [4.69, 9.17) is 9.84 Å². The molecular formula is C17H24O4. The van der Waals surface area contributed by atoms with Gasteiger partial charge >= 0.3 is 11.9 Å². The van der Waals surface area contributed by atoms with Gasteiger partial charge in [0.1, 0.15) is 5.60 Å². The summed E-state index contributed by atoms with van der Waals surface area (Å²) in [5.74, 6) is 1.82. The molecule has 0 aromatic carbocycles. The van der Waals surface area contributed by atoms with Gasteiger partial charge < -0.3 is 9.84 Å². The molecule has 0 aromatic rings. The van der Waals surface area contributed by atoms with Gasteiger partial charge in [-0.15, -0.1) is 0 Å². The van der Waals surface area contributed by atoms with E-state index < -0.39 is 5.97 Å². The molecule has 116 valence electrons. The maximum Gasteiger partial charge on any atom is 0.330 e. The lowest BCUT2D eigenvalue weighted by atomic mass is 9.50. The Morgan fingerprint density at radius 3 is 1.81 bits per heavy atom. The minimum atomic E-state index is -0.981. The molecular weight excluding hydrogens is 268 g/mol. The normalized spacial score (nSPS) is 38.9. The molecule has 0 unspecified atom stereocenters. The van der Waals surface area contributed by atoms with E-state index in [9.17, 15) is 9.59 Å². The van der Waals surface area contributed by atoms with Crippen molar-refractivity contribution in [3.8, 4) is 0 Å². The van der Waals surface area contributed by atoms with Crippen LogP contribution in [0.2, 0.25) is 0 Å². The number of carbonyl (C=O) groups is 2. The van der Waals surface area contributed by atoms with Gasteiger partial charge in [0.2, 0.25) is 0 Å². The number of ether oxygens (including phenoxy) is 1. The Hall–Kier alpha value is -1.58. The fraction of sp³-hybridized carbons (Fsp3) is 0.647. The van der Waals surface area contributed by atoms with Gasteiger partial charge in [-0.05, 0) is 62.7 Å². The predicted octanol–water partition coefficient (Wildman–Crippen LogP) is 3.19. The molecule has 21 heavy (non-hydrogen) atoms. The fourth-order valence-electron chi connectivity index (χ4n) is 4.55. The highest BCUT2D eigenvalue weighted by molar-refractivity contribution is 5.81. The second kappa shape index (κ2) is 6.04. The van der Waals surface area contributed by atoms with Crippen molar-refractivity contribution in [2.45, 2.75) is 44.6 Å². The van der Waals surface area contributed by atoms with E-state index in [0.29, 0.717) is 11.8 Å². The van der Waals surface area contributed by atoms with Crippen LogP contribution in [0, 0.1) is 23.7 Å². The van der Waals surface area contributed by atoms with Crippen molar-refractivity contribution in [1.82, 2.24) is 0 Å². The number of carbonyl (C=O) groups excluding carboxylic acids is 1. The average Bonchev–Trinajstić information content (AvgIpc) is 2.44. The molecule has 4 saturated carbocycles. The zero-order valence-electron chi connectivity index (χ0n) is 12.6. The van der Waals surface area contributed by atoms with Gasteiger partial charge in [-0.3, -0.25) is 0 Å². The Balaban J connectivity index is 0.000000282. The summed E-state index contributed by atoms with van der Waals surface area (Å²) in [4.78, 5) is 20.7. The van der Waals surface area contributed by atoms with E-state index in [-0.39, 0.29) is 11.6 Å². The summed E-state index contributed by atoms with van der Waals surface area (Å²) in [5.41, 5.74) is -0.196. The Bertz CT molecular complexity index is 424. The standard InChI is InChI=1S/C14H20O2.C3H4O2/c1-3-13(15)16-14(2)11-5-9-4-10(7-11)8-12(14)6-9;1-2-3(4)5/h3,9-12H,1,4-8H2,2H3;2H,1H2,(H,4,5). The summed E-state index contributed by atoms with van der Waals surface area (Å²) < 4.78 is 5.71. The number of hydrogen-bond acceptors (Lipinski definition) is 3. The van der Waals surface area contributed by atoms with Crippen LogP contribution < -0.4 is 0 Å². The molecule has 4 aliphatic rings. The number of esters is 1. The first-order valence-electron chi connectivity index (χ1n) is 7.59. The third-order valence-corrected chi connectivity index (χ3v) is 5.42. The zero-order chi connectivity index (χ0) is 15.6. The summed E-state index contributed by atoms with van der Waals surface area (Å²) in [6.07, 6.45) is 8.65. The van der Waals surface area contributed by atoms with Crippen LogP contribution in [-0.2, 0) is 14.3 Å². The van der Waals surface area contributed by atoms with Gasteiger partial charge in [0.05, 0.1) is 0 Å². The lowest BCUT2D eigenvalue weighted by molar-refractivity contribution is -0.198. The predicted molar refractivity (Wildman–Crippen MR) is 79.6 cm³/mol. The van der Waals surface area contributed by atoms with Gasteiger partial charge in [0.25, 0.3) is 0 Å². The molecule has 1 N–H and O–H groups in total. The molecule has 4 rings (SSSR count). The van der Waals surface area contributed by atoms with Crippen LogP contribution in [0.1, 0.15) is 39.0 Å². The largest absolute Gasteiger partial charge is 0.478 e. The molecule has 0 saturated heterocycles. The van der Waals surface area contributed by atoms with E-state index in [0.717, 1.165) is 17.9 Å². The lowest BCUT2D eigenvalue weighted by Crippen LogP contribution is -2.57. The Morgan fingerprint density at radius 1 is 1.05 bits per heavy atom. The topological polar surface area (TPSA) is 63.6 Å². The summed E-state index contributed by atoms with van der Waals surface area (Å²) in [5, 5.41) is 7.60. The minimum absolute atomic E-state index is 0.196. The van der Waals surface area contributed by atoms with Gasteiger partial charge in [0.15, 0.2) is 0 Å². The Kier molecular flexibility index (Phi) is 4.55. The van der Waals surface area contributed by atoms with Gasteiger partial charge in [-0.1, -0.05) is 13.2 Å². The number of aliphatic carboxylic acids is 1. The smallest absolute Gasteiger partial charge is 0.330 e. The average molecular weight is 292 g/mol. The molecule has 4 fully saturated rings. The minimum Gasteiger partial charge on any atom is -0.478 e. The quantitative estimate of drug-likeness (QED) is 0.641. The van der Waals surface area contributed by atoms with Crippen molar-refractivity contribution < 1.29 is 19.4 Å². The summed E-state index contributed by atoms with van der Waals surface area (Å²) in [6, 6.07) is 0. The molecule has 0 aliphatic heterocycles. The summed E-state index contributed by atoms with van der Waals surface area (Å²) in [6.45, 7) is 8.62. The number of rotatable bonds is 3. The van der Waals surface area contributed by atoms with Gasteiger partial charge in [-0.2, -0.15) is 0 Å². The van der Waals surface area contributed by atoms with Crippen molar-refractivity contribution >= 4 is 11.9 Å². The third-order valence-electron chi connectivity index (χ3n) is 5.42. The lowest BCUT2D eigenvalue weighted by Gasteiger charge is -2.58. The molecule has 0 spiro atoms. The van der Waals surface area contributed by atoms with Crippen molar-refractivity contribution in [1.29, 1.82) is 0 Å². The molecule has 0 atom stereocenters. The second-order valence-electron chi connectivity index (χ2n) is 6.66. The van der Waals surface area contributed by atoms with E-state index in [1.165, 1.54) is 38.2 Å². The number of carboxylic acids is 1. The van der Waals surface area contributed by atoms with E-state index in [1.807, 2.05) is 0 Å². The first kappa shape index (κ1) is 15.8. The van der Waals surface area contributed by atoms with Crippen molar-refractivity contribution in [2.24, 2.45) is 23.7 Å². The molecule has 0 amide bonds. The SMILES string of the molecule is C=CC(=O)O.C=CC(=O)OC1(C)C2CC3CC(C2)CC1C3. The highest BCUT2D eigenvalue weighted by Crippen LogP contribution is 2.59. The highest BCUT2D eigenvalue weighted by atomic mass is 16.6. The summed E-state index contributed by atoms with van der Waals surface area (Å²) >= 11 is 0. The maximum absolute atomic E-state index is 11.5. The molecule has 0 aromatic heterocycles. The number of hydrogen-bond donors (Lipinski definition) is 1. The van der Waals surface area contributed by atoms with Crippen LogP contribution >= 0.6 is 0 Å². The highest BCUT2D eigenvalue weighted by Gasteiger charge is 2.56.